The molecule has 0 bridgehead atoms. The Morgan fingerprint density at radius 3 is 2.50 bits per heavy atom. The largest absolute Gasteiger partial charge is 0.0530 e. The molecule has 3 rings (SSSR count). The second-order valence-corrected chi connectivity index (χ2v) is 4.65. The summed E-state index contributed by atoms with van der Waals surface area (Å²) in [6, 6.07) is 0. The van der Waals surface area contributed by atoms with Gasteiger partial charge in [-0.15, -0.1) is 0 Å². The molecule has 0 amide bonds. The topological polar surface area (TPSA) is 0 Å². The number of rotatable bonds is 1. The van der Waals surface area contributed by atoms with Gasteiger partial charge in [-0.3, -0.25) is 0 Å². The quantitative estimate of drug-likeness (QED) is 0.520. The van der Waals surface area contributed by atoms with Gasteiger partial charge < -0.3 is 0 Å². The predicted molar refractivity (Wildman–Crippen MR) is 41.7 cm³/mol. The first-order valence-corrected chi connectivity index (χ1v) is 4.92. The van der Waals surface area contributed by atoms with Crippen LogP contribution in [-0.4, -0.2) is 0 Å². The lowest BCUT2D eigenvalue weighted by atomic mass is 9.85. The standard InChI is InChI=1S/C10H16/c1-2-6-10(8-4-5-8)7-9(10)3-1/h8-9H,1-7H2. The molecule has 0 radical (unpaired) electrons. The summed E-state index contributed by atoms with van der Waals surface area (Å²) in [7, 11) is 0. The second-order valence-electron chi connectivity index (χ2n) is 4.65. The van der Waals surface area contributed by atoms with Gasteiger partial charge in [-0.05, 0) is 49.4 Å². The van der Waals surface area contributed by atoms with E-state index in [1.165, 1.54) is 11.8 Å². The van der Waals surface area contributed by atoms with E-state index in [1.807, 2.05) is 0 Å². The lowest BCUT2D eigenvalue weighted by Gasteiger charge is -2.20. The molecule has 3 aliphatic carbocycles. The van der Waals surface area contributed by atoms with Crippen molar-refractivity contribution in [3.8, 4) is 0 Å². The van der Waals surface area contributed by atoms with Crippen molar-refractivity contribution in [1.82, 2.24) is 0 Å². The summed E-state index contributed by atoms with van der Waals surface area (Å²) in [4.78, 5) is 0. The van der Waals surface area contributed by atoms with Crippen LogP contribution in [0.4, 0.5) is 0 Å². The summed E-state index contributed by atoms with van der Waals surface area (Å²) in [5.41, 5.74) is 0.957. The van der Waals surface area contributed by atoms with E-state index >= 15 is 0 Å². The third-order valence-corrected chi connectivity index (χ3v) is 4.11. The molecule has 0 N–H and O–H groups in total. The van der Waals surface area contributed by atoms with E-state index in [0.29, 0.717) is 0 Å². The van der Waals surface area contributed by atoms with E-state index in [-0.39, 0.29) is 0 Å². The normalized spacial score (nSPS) is 52.2. The van der Waals surface area contributed by atoms with Gasteiger partial charge in [0, 0.05) is 0 Å². The number of hydrogen-bond acceptors (Lipinski definition) is 0. The summed E-state index contributed by atoms with van der Waals surface area (Å²) in [5.74, 6) is 2.41. The van der Waals surface area contributed by atoms with E-state index in [2.05, 4.69) is 0 Å². The lowest BCUT2D eigenvalue weighted by molar-refractivity contribution is 0.298. The highest BCUT2D eigenvalue weighted by atomic mass is 14.7. The van der Waals surface area contributed by atoms with Crippen molar-refractivity contribution < 1.29 is 0 Å². The van der Waals surface area contributed by atoms with Crippen molar-refractivity contribution in [2.45, 2.75) is 44.9 Å². The molecule has 2 unspecified atom stereocenters. The van der Waals surface area contributed by atoms with Crippen LogP contribution in [0.3, 0.4) is 0 Å². The maximum Gasteiger partial charge on any atom is -0.0238 e. The maximum absolute atomic E-state index is 1.62. The van der Waals surface area contributed by atoms with E-state index in [0.717, 1.165) is 5.41 Å². The molecule has 3 saturated carbocycles. The van der Waals surface area contributed by atoms with Crippen molar-refractivity contribution in [1.29, 1.82) is 0 Å². The van der Waals surface area contributed by atoms with Crippen LogP contribution in [0.25, 0.3) is 0 Å². The maximum atomic E-state index is 1.62. The molecule has 2 atom stereocenters. The number of hydrogen-bond donors (Lipinski definition) is 0. The molecular formula is C10H16. The molecule has 0 heteroatoms. The van der Waals surface area contributed by atoms with Crippen molar-refractivity contribution in [3.63, 3.8) is 0 Å². The fraction of sp³-hybridized carbons (Fsp3) is 1.00. The summed E-state index contributed by atoms with van der Waals surface area (Å²) in [6.07, 6.45) is 11.1. The minimum atomic E-state index is 0.957. The van der Waals surface area contributed by atoms with Gasteiger partial charge in [-0.1, -0.05) is 12.8 Å². The highest BCUT2D eigenvalue weighted by Gasteiger charge is 2.61. The summed E-state index contributed by atoms with van der Waals surface area (Å²) in [6.45, 7) is 0. The van der Waals surface area contributed by atoms with Crippen LogP contribution in [0, 0.1) is 17.3 Å². The van der Waals surface area contributed by atoms with Crippen molar-refractivity contribution >= 4 is 0 Å². The average Bonchev–Trinajstić information content (AvgIpc) is 2.84. The molecule has 0 nitrogen and oxygen atoms in total. The minimum Gasteiger partial charge on any atom is -0.0530 e. The number of fused-ring (bicyclic) bond motifs is 1. The molecule has 0 aromatic heterocycles. The van der Waals surface area contributed by atoms with Crippen molar-refractivity contribution in [2.24, 2.45) is 17.3 Å². The Morgan fingerprint density at radius 2 is 1.80 bits per heavy atom. The van der Waals surface area contributed by atoms with Gasteiger partial charge in [0.2, 0.25) is 0 Å². The zero-order valence-electron chi connectivity index (χ0n) is 6.60. The zero-order chi connectivity index (χ0) is 6.60. The molecule has 0 aromatic rings. The highest BCUT2D eigenvalue weighted by Crippen LogP contribution is 2.71. The van der Waals surface area contributed by atoms with Crippen LogP contribution < -0.4 is 0 Å². The molecule has 0 spiro atoms. The third-order valence-electron chi connectivity index (χ3n) is 4.11. The van der Waals surface area contributed by atoms with Gasteiger partial charge >= 0.3 is 0 Å². The smallest absolute Gasteiger partial charge is 0.0238 e. The van der Waals surface area contributed by atoms with Gasteiger partial charge in [0.25, 0.3) is 0 Å². The van der Waals surface area contributed by atoms with Crippen LogP contribution in [0.1, 0.15) is 44.9 Å². The van der Waals surface area contributed by atoms with Gasteiger partial charge in [0.05, 0.1) is 0 Å². The summed E-state index contributed by atoms with van der Waals surface area (Å²) in [5, 5.41) is 0. The third kappa shape index (κ3) is 0.580. The Balaban J connectivity index is 1.80. The van der Waals surface area contributed by atoms with Crippen LogP contribution in [-0.2, 0) is 0 Å². The fourth-order valence-corrected chi connectivity index (χ4v) is 3.30. The Bertz CT molecular complexity index is 157. The molecule has 10 heavy (non-hydrogen) atoms. The minimum absolute atomic E-state index is 0.957. The molecule has 0 saturated heterocycles. The molecule has 3 aliphatic rings. The van der Waals surface area contributed by atoms with Crippen molar-refractivity contribution in [3.05, 3.63) is 0 Å². The van der Waals surface area contributed by atoms with Gasteiger partial charge in [0.1, 0.15) is 0 Å². The van der Waals surface area contributed by atoms with Gasteiger partial charge in [-0.2, -0.15) is 0 Å². The molecule has 0 aromatic carbocycles. The van der Waals surface area contributed by atoms with E-state index in [9.17, 15) is 0 Å². The Labute approximate surface area is 63.0 Å². The fourth-order valence-electron chi connectivity index (χ4n) is 3.30. The summed E-state index contributed by atoms with van der Waals surface area (Å²) >= 11 is 0. The van der Waals surface area contributed by atoms with Gasteiger partial charge in [0.15, 0.2) is 0 Å². The highest BCUT2D eigenvalue weighted by molar-refractivity contribution is 5.11. The van der Waals surface area contributed by atoms with Crippen molar-refractivity contribution in [2.75, 3.05) is 0 Å². The van der Waals surface area contributed by atoms with Crippen LogP contribution in [0.5, 0.6) is 0 Å². The monoisotopic (exact) mass is 136 g/mol. The van der Waals surface area contributed by atoms with Gasteiger partial charge in [-0.25, -0.2) is 0 Å². The van der Waals surface area contributed by atoms with Crippen LogP contribution in [0.15, 0.2) is 0 Å². The van der Waals surface area contributed by atoms with E-state index < -0.39 is 0 Å². The summed E-state index contributed by atoms with van der Waals surface area (Å²) < 4.78 is 0. The Morgan fingerprint density at radius 1 is 0.900 bits per heavy atom. The van der Waals surface area contributed by atoms with Crippen LogP contribution >= 0.6 is 0 Å². The Hall–Kier alpha value is 0. The molecule has 0 aliphatic heterocycles. The Kier molecular flexibility index (Phi) is 0.898. The first-order valence-electron chi connectivity index (χ1n) is 4.92. The molecule has 56 valence electrons. The van der Waals surface area contributed by atoms with Crippen LogP contribution in [0.2, 0.25) is 0 Å². The lowest BCUT2D eigenvalue weighted by Crippen LogP contribution is -2.11. The van der Waals surface area contributed by atoms with E-state index in [1.54, 1.807) is 44.9 Å². The SMILES string of the molecule is C1CCC2(C3CC3)CC2C1. The average molecular weight is 136 g/mol. The first-order chi connectivity index (χ1) is 4.92. The first kappa shape index (κ1) is 5.62. The van der Waals surface area contributed by atoms with E-state index in [4.69, 9.17) is 0 Å². The molecular weight excluding hydrogens is 120 g/mol. The predicted octanol–water partition coefficient (Wildman–Crippen LogP) is 2.98. The molecule has 3 fully saturated rings. The zero-order valence-corrected chi connectivity index (χ0v) is 6.60. The molecule has 0 heterocycles. The second kappa shape index (κ2) is 1.60.